The van der Waals surface area contributed by atoms with Gasteiger partial charge in [0, 0.05) is 20.3 Å². The third kappa shape index (κ3) is 3.77. The Labute approximate surface area is 195 Å². The zero-order valence-electron chi connectivity index (χ0n) is 19.7. The van der Waals surface area contributed by atoms with E-state index in [2.05, 4.69) is 41.7 Å². The first-order valence-electron chi connectivity index (χ1n) is 10.4. The Kier molecular flexibility index (Phi) is 5.62. The third-order valence-corrected chi connectivity index (χ3v) is 5.40. The fourth-order valence-corrected chi connectivity index (χ4v) is 3.39. The molecule has 0 unspecified atom stereocenters. The Morgan fingerprint density at radius 2 is 2.00 bits per heavy atom. The number of esters is 1. The molecule has 34 heavy (non-hydrogen) atoms. The molecule has 0 fully saturated rings. The highest BCUT2D eigenvalue weighted by Crippen LogP contribution is 2.33. The lowest BCUT2D eigenvalue weighted by Crippen LogP contribution is -2.24. The Morgan fingerprint density at radius 1 is 1.24 bits per heavy atom. The van der Waals surface area contributed by atoms with E-state index in [-0.39, 0.29) is 11.5 Å². The number of nitrogens with one attached hydrogen (secondary N) is 2. The van der Waals surface area contributed by atoms with Crippen LogP contribution in [0.25, 0.3) is 22.3 Å². The van der Waals surface area contributed by atoms with Crippen LogP contribution >= 0.6 is 0 Å². The molecule has 4 rings (SSSR count). The Balaban J connectivity index is 1.87. The minimum absolute atomic E-state index is 0.0175. The lowest BCUT2D eigenvalue weighted by atomic mass is 10.1. The van der Waals surface area contributed by atoms with Crippen LogP contribution in [-0.2, 0) is 17.3 Å². The van der Waals surface area contributed by atoms with Crippen molar-refractivity contribution < 1.29 is 9.53 Å². The maximum absolute atomic E-state index is 12.7. The first-order chi connectivity index (χ1) is 16.2. The van der Waals surface area contributed by atoms with Gasteiger partial charge in [0.25, 0.3) is 0 Å². The predicted octanol–water partition coefficient (Wildman–Crippen LogP) is 2.76. The number of ether oxygens (including phenoxy) is 1. The molecule has 0 saturated carbocycles. The van der Waals surface area contributed by atoms with Crippen LogP contribution in [0.2, 0.25) is 0 Å². The van der Waals surface area contributed by atoms with Crippen LogP contribution in [0.1, 0.15) is 30.0 Å². The van der Waals surface area contributed by atoms with Gasteiger partial charge in [-0.15, -0.1) is 0 Å². The number of nitrogens with zero attached hydrogens (tertiary/aromatic N) is 8. The number of pyridine rings is 1. The van der Waals surface area contributed by atoms with Crippen molar-refractivity contribution in [3.63, 3.8) is 0 Å². The van der Waals surface area contributed by atoms with Crippen LogP contribution in [0.3, 0.4) is 0 Å². The lowest BCUT2D eigenvalue weighted by Gasteiger charge is -2.15. The molecule has 0 radical (unpaired) electrons. The SMILES string of the molecule is CNc1nc(Nc2cn(C(C)(C)C#N)nc2C)c(C(=O)OC)nc1-c1cncc2c1ncn2C. The largest absolute Gasteiger partial charge is 0.464 e. The molecule has 4 aromatic heterocycles. The van der Waals surface area contributed by atoms with E-state index in [1.807, 2.05) is 11.6 Å². The van der Waals surface area contributed by atoms with Gasteiger partial charge in [0.2, 0.25) is 0 Å². The third-order valence-electron chi connectivity index (χ3n) is 5.40. The van der Waals surface area contributed by atoms with Gasteiger partial charge in [-0.3, -0.25) is 9.67 Å². The normalized spacial score (nSPS) is 11.3. The van der Waals surface area contributed by atoms with Crippen LogP contribution in [0, 0.1) is 18.3 Å². The number of carbonyl (C=O) groups is 1. The highest BCUT2D eigenvalue weighted by Gasteiger charge is 2.25. The number of rotatable bonds is 6. The van der Waals surface area contributed by atoms with Gasteiger partial charge in [0.15, 0.2) is 17.3 Å². The van der Waals surface area contributed by atoms with E-state index in [1.165, 1.54) is 7.11 Å². The van der Waals surface area contributed by atoms with E-state index in [0.29, 0.717) is 34.0 Å². The van der Waals surface area contributed by atoms with Crippen molar-refractivity contribution in [3.05, 3.63) is 36.3 Å². The number of aryl methyl sites for hydroxylation is 2. The van der Waals surface area contributed by atoms with E-state index in [0.717, 1.165) is 5.52 Å². The molecule has 0 atom stereocenters. The molecule has 12 heteroatoms. The lowest BCUT2D eigenvalue weighted by molar-refractivity contribution is 0.0595. The zero-order chi connectivity index (χ0) is 24.6. The molecular weight excluding hydrogens is 436 g/mol. The second-order valence-corrected chi connectivity index (χ2v) is 8.14. The number of methoxy groups -OCH3 is 1. The number of aromatic nitrogens is 7. The maximum atomic E-state index is 12.7. The van der Waals surface area contributed by atoms with Crippen LogP contribution in [0.5, 0.6) is 0 Å². The summed E-state index contributed by atoms with van der Waals surface area (Å²) in [7, 11) is 4.85. The molecule has 0 aliphatic carbocycles. The number of anilines is 3. The first-order valence-corrected chi connectivity index (χ1v) is 10.4. The summed E-state index contributed by atoms with van der Waals surface area (Å²) in [5, 5.41) is 20.0. The summed E-state index contributed by atoms with van der Waals surface area (Å²) in [6.45, 7) is 5.30. The molecule has 0 saturated heterocycles. The molecule has 0 aromatic carbocycles. The van der Waals surface area contributed by atoms with E-state index in [4.69, 9.17) is 4.74 Å². The summed E-state index contributed by atoms with van der Waals surface area (Å²) in [5.41, 5.74) is 2.84. The number of hydrogen-bond acceptors (Lipinski definition) is 10. The minimum atomic E-state index is -0.851. The smallest absolute Gasteiger partial charge is 0.360 e. The maximum Gasteiger partial charge on any atom is 0.360 e. The van der Waals surface area contributed by atoms with Gasteiger partial charge >= 0.3 is 5.97 Å². The summed E-state index contributed by atoms with van der Waals surface area (Å²) in [6, 6.07) is 2.21. The monoisotopic (exact) mass is 460 g/mol. The Morgan fingerprint density at radius 3 is 2.68 bits per heavy atom. The average molecular weight is 461 g/mol. The van der Waals surface area contributed by atoms with Crippen molar-refractivity contribution >= 4 is 34.3 Å². The van der Waals surface area contributed by atoms with Crippen LogP contribution in [0.4, 0.5) is 17.3 Å². The van der Waals surface area contributed by atoms with Crippen molar-refractivity contribution in [2.45, 2.75) is 26.3 Å². The molecule has 0 aliphatic rings. The quantitative estimate of drug-likeness (QED) is 0.411. The fraction of sp³-hybridized carbons (Fsp3) is 0.318. The molecule has 0 amide bonds. The average Bonchev–Trinajstić information content (AvgIpc) is 3.41. The van der Waals surface area contributed by atoms with Crippen molar-refractivity contribution in [2.24, 2.45) is 7.05 Å². The topological polar surface area (TPSA) is 148 Å². The molecule has 0 bridgehead atoms. The predicted molar refractivity (Wildman–Crippen MR) is 126 cm³/mol. The van der Waals surface area contributed by atoms with E-state index < -0.39 is 11.5 Å². The second-order valence-electron chi connectivity index (χ2n) is 8.14. The van der Waals surface area contributed by atoms with Gasteiger partial charge < -0.3 is 19.9 Å². The van der Waals surface area contributed by atoms with Crippen molar-refractivity contribution in [1.29, 1.82) is 5.26 Å². The van der Waals surface area contributed by atoms with Gasteiger partial charge in [-0.2, -0.15) is 10.4 Å². The summed E-state index contributed by atoms with van der Waals surface area (Å²) in [4.78, 5) is 30.7. The van der Waals surface area contributed by atoms with Crippen LogP contribution in [-0.4, -0.2) is 54.4 Å². The minimum Gasteiger partial charge on any atom is -0.464 e. The summed E-state index contributed by atoms with van der Waals surface area (Å²) >= 11 is 0. The van der Waals surface area contributed by atoms with Crippen molar-refractivity contribution in [1.82, 2.24) is 34.3 Å². The number of hydrogen-bond donors (Lipinski definition) is 2. The molecule has 4 heterocycles. The van der Waals surface area contributed by atoms with Gasteiger partial charge in [0.05, 0.1) is 54.4 Å². The van der Waals surface area contributed by atoms with E-state index >= 15 is 0 Å². The van der Waals surface area contributed by atoms with Gasteiger partial charge in [-0.05, 0) is 20.8 Å². The Bertz CT molecular complexity index is 1440. The van der Waals surface area contributed by atoms with Gasteiger partial charge in [0.1, 0.15) is 16.7 Å². The van der Waals surface area contributed by atoms with E-state index in [9.17, 15) is 10.1 Å². The molecular formula is C22H24N10O2. The fourth-order valence-electron chi connectivity index (χ4n) is 3.39. The standard InChI is InChI=1S/C22H24N10O2/c1-12-14(9-32(30-12)22(2,3)10-23)27-20-18(21(33)34-6)28-17(19(24-4)29-20)13-7-25-8-15-16(13)26-11-31(15)5/h7-9,11H,1-6H3,(H2,24,27,29). The highest BCUT2D eigenvalue weighted by atomic mass is 16.5. The van der Waals surface area contributed by atoms with E-state index in [1.54, 1.807) is 57.4 Å². The summed E-state index contributed by atoms with van der Waals surface area (Å²) in [6.07, 6.45) is 6.71. The molecule has 0 spiro atoms. The molecule has 0 aliphatic heterocycles. The molecule has 2 N–H and O–H groups in total. The zero-order valence-corrected chi connectivity index (χ0v) is 19.7. The van der Waals surface area contributed by atoms with Crippen LogP contribution in [0.15, 0.2) is 24.9 Å². The number of imidazole rings is 1. The second kappa shape index (κ2) is 8.43. The van der Waals surface area contributed by atoms with Crippen LogP contribution < -0.4 is 10.6 Å². The number of carbonyl (C=O) groups excluding carboxylic acids is 1. The number of fused-ring (bicyclic) bond motifs is 1. The summed E-state index contributed by atoms with van der Waals surface area (Å²) < 4.78 is 8.37. The first kappa shape index (κ1) is 22.7. The highest BCUT2D eigenvalue weighted by molar-refractivity contribution is 5.98. The van der Waals surface area contributed by atoms with Gasteiger partial charge in [-0.1, -0.05) is 0 Å². The molecule has 174 valence electrons. The van der Waals surface area contributed by atoms with Crippen molar-refractivity contribution in [3.8, 4) is 17.3 Å². The summed E-state index contributed by atoms with van der Waals surface area (Å²) in [5.74, 6) is -0.0708. The van der Waals surface area contributed by atoms with Gasteiger partial charge in [-0.25, -0.2) is 19.7 Å². The van der Waals surface area contributed by atoms with Crippen molar-refractivity contribution in [2.75, 3.05) is 24.8 Å². The molecule has 4 aromatic rings. The number of nitriles is 1. The Hall–Kier alpha value is -4.53. The molecule has 12 nitrogen and oxygen atoms in total.